The van der Waals surface area contributed by atoms with Crippen molar-refractivity contribution >= 4 is 43.9 Å². The number of hydrogen-bond donors (Lipinski definition) is 2. The molecule has 0 saturated heterocycles. The molecule has 0 fully saturated rings. The molecule has 5 nitrogen and oxygen atoms in total. The Morgan fingerprint density at radius 1 is 1.48 bits per heavy atom. The molecule has 1 aromatic heterocycles. The largest absolute Gasteiger partial charge is 0.492 e. The number of ether oxygens (including phenoxy) is 1. The SMILES string of the molecule is COc1c(N(C)Cc2cccc(Br)c2)sc(C(N)=O)c1N. The lowest BCUT2D eigenvalue weighted by molar-refractivity contribution is 0.100. The molecule has 2 aromatic rings. The summed E-state index contributed by atoms with van der Waals surface area (Å²) in [6.45, 7) is 0.661. The van der Waals surface area contributed by atoms with Gasteiger partial charge in [0.1, 0.15) is 15.6 Å². The van der Waals surface area contributed by atoms with Crippen molar-refractivity contribution in [3.63, 3.8) is 0 Å². The van der Waals surface area contributed by atoms with Gasteiger partial charge < -0.3 is 21.1 Å². The number of benzene rings is 1. The number of anilines is 2. The number of rotatable bonds is 5. The van der Waals surface area contributed by atoms with Crippen LogP contribution in [0, 0.1) is 0 Å². The summed E-state index contributed by atoms with van der Waals surface area (Å²) in [6.07, 6.45) is 0. The molecular formula is C14H16BrN3O2S. The van der Waals surface area contributed by atoms with Gasteiger partial charge in [-0.25, -0.2) is 0 Å². The lowest BCUT2D eigenvalue weighted by atomic mass is 10.2. The van der Waals surface area contributed by atoms with Gasteiger partial charge in [0.2, 0.25) is 0 Å². The van der Waals surface area contributed by atoms with Gasteiger partial charge in [-0.05, 0) is 17.7 Å². The molecule has 1 amide bonds. The number of nitrogens with zero attached hydrogens (tertiary/aromatic N) is 1. The number of nitrogens with two attached hydrogens (primary N) is 2. The summed E-state index contributed by atoms with van der Waals surface area (Å²) in [5, 5.41) is 0.781. The van der Waals surface area contributed by atoms with Crippen LogP contribution in [-0.4, -0.2) is 20.1 Å². The fourth-order valence-electron chi connectivity index (χ4n) is 2.03. The third-order valence-corrected chi connectivity index (χ3v) is 4.77. The fourth-order valence-corrected chi connectivity index (χ4v) is 3.48. The lowest BCUT2D eigenvalue weighted by Crippen LogP contribution is -2.15. The average molecular weight is 370 g/mol. The molecule has 4 N–H and O–H groups in total. The molecule has 21 heavy (non-hydrogen) atoms. The van der Waals surface area contributed by atoms with Crippen LogP contribution >= 0.6 is 27.3 Å². The molecule has 0 atom stereocenters. The molecule has 0 bridgehead atoms. The van der Waals surface area contributed by atoms with Crippen LogP contribution in [0.2, 0.25) is 0 Å². The van der Waals surface area contributed by atoms with E-state index in [0.29, 0.717) is 22.9 Å². The summed E-state index contributed by atoms with van der Waals surface area (Å²) in [6, 6.07) is 8.01. The number of primary amides is 1. The van der Waals surface area contributed by atoms with Crippen LogP contribution in [0.5, 0.6) is 5.75 Å². The molecule has 0 aliphatic heterocycles. The maximum absolute atomic E-state index is 11.4. The maximum atomic E-state index is 11.4. The van der Waals surface area contributed by atoms with Crippen LogP contribution in [0.25, 0.3) is 0 Å². The zero-order valence-electron chi connectivity index (χ0n) is 11.7. The van der Waals surface area contributed by atoms with Crippen molar-refractivity contribution in [3.05, 3.63) is 39.2 Å². The predicted octanol–water partition coefficient (Wildman–Crippen LogP) is 2.84. The van der Waals surface area contributed by atoms with E-state index in [4.69, 9.17) is 16.2 Å². The van der Waals surface area contributed by atoms with E-state index in [1.165, 1.54) is 18.4 Å². The van der Waals surface area contributed by atoms with Gasteiger partial charge in [-0.15, -0.1) is 11.3 Å². The van der Waals surface area contributed by atoms with E-state index in [0.717, 1.165) is 15.0 Å². The molecule has 0 spiro atoms. The standard InChI is InChI=1S/C14H16BrN3O2S/c1-18(7-8-4-3-5-9(15)6-8)14-11(20-2)10(16)12(21-14)13(17)19/h3-6H,7,16H2,1-2H3,(H2,17,19). The Bertz CT molecular complexity index is 672. The quantitative estimate of drug-likeness (QED) is 0.848. The van der Waals surface area contributed by atoms with E-state index in [-0.39, 0.29) is 0 Å². The second-order valence-electron chi connectivity index (χ2n) is 4.53. The van der Waals surface area contributed by atoms with Gasteiger partial charge in [0.05, 0.1) is 7.11 Å². The number of nitrogen functional groups attached to an aromatic ring is 1. The lowest BCUT2D eigenvalue weighted by Gasteiger charge is -2.19. The molecule has 1 aromatic carbocycles. The molecule has 1 heterocycles. The summed E-state index contributed by atoms with van der Waals surface area (Å²) < 4.78 is 6.33. The Balaban J connectivity index is 2.32. The first-order valence-corrected chi connectivity index (χ1v) is 7.76. The average Bonchev–Trinajstić information content (AvgIpc) is 2.75. The van der Waals surface area contributed by atoms with Crippen molar-refractivity contribution in [1.82, 2.24) is 0 Å². The first-order valence-electron chi connectivity index (χ1n) is 6.15. The highest BCUT2D eigenvalue weighted by atomic mass is 79.9. The minimum absolute atomic E-state index is 0.297. The van der Waals surface area contributed by atoms with Gasteiger partial charge in [-0.2, -0.15) is 0 Å². The highest BCUT2D eigenvalue weighted by Crippen LogP contribution is 2.44. The molecule has 0 aliphatic rings. The topological polar surface area (TPSA) is 81.6 Å². The minimum atomic E-state index is -0.544. The molecule has 0 unspecified atom stereocenters. The van der Waals surface area contributed by atoms with Gasteiger partial charge in [-0.3, -0.25) is 4.79 Å². The number of carbonyl (C=O) groups excluding carboxylic acids is 1. The monoisotopic (exact) mass is 369 g/mol. The number of hydrogen-bond acceptors (Lipinski definition) is 5. The number of amides is 1. The van der Waals surface area contributed by atoms with Crippen LogP contribution in [0.15, 0.2) is 28.7 Å². The molecule has 112 valence electrons. The number of methoxy groups -OCH3 is 1. The second-order valence-corrected chi connectivity index (χ2v) is 6.45. The van der Waals surface area contributed by atoms with Gasteiger partial charge >= 0.3 is 0 Å². The van der Waals surface area contributed by atoms with Gasteiger partial charge in [0.15, 0.2) is 5.75 Å². The number of thiophene rings is 1. The van der Waals surface area contributed by atoms with Crippen LogP contribution in [0.1, 0.15) is 15.2 Å². The Kier molecular flexibility index (Phi) is 4.74. The van der Waals surface area contributed by atoms with Gasteiger partial charge in [0, 0.05) is 18.1 Å². The highest BCUT2D eigenvalue weighted by molar-refractivity contribution is 9.10. The van der Waals surface area contributed by atoms with Crippen molar-refractivity contribution in [2.45, 2.75) is 6.54 Å². The summed E-state index contributed by atoms with van der Waals surface area (Å²) in [7, 11) is 3.44. The second kappa shape index (κ2) is 6.36. The number of carbonyl (C=O) groups is 1. The minimum Gasteiger partial charge on any atom is -0.492 e. The molecule has 2 rings (SSSR count). The van der Waals surface area contributed by atoms with E-state index in [1.807, 2.05) is 36.2 Å². The summed E-state index contributed by atoms with van der Waals surface area (Å²) >= 11 is 4.69. The van der Waals surface area contributed by atoms with Crippen molar-refractivity contribution in [2.75, 3.05) is 24.8 Å². The summed E-state index contributed by atoms with van der Waals surface area (Å²) in [5.41, 5.74) is 12.7. The first-order chi connectivity index (χ1) is 9.93. The Hall–Kier alpha value is -1.73. The Morgan fingerprint density at radius 2 is 2.19 bits per heavy atom. The first kappa shape index (κ1) is 15.7. The fraction of sp³-hybridized carbons (Fsp3) is 0.214. The zero-order chi connectivity index (χ0) is 15.6. The van der Waals surface area contributed by atoms with Gasteiger partial charge in [0.25, 0.3) is 5.91 Å². The van der Waals surface area contributed by atoms with Crippen LogP contribution < -0.4 is 21.1 Å². The summed E-state index contributed by atoms with van der Waals surface area (Å²) in [4.78, 5) is 13.7. The molecule has 0 aliphatic carbocycles. The van der Waals surface area contributed by atoms with E-state index >= 15 is 0 Å². The van der Waals surface area contributed by atoms with E-state index in [1.54, 1.807) is 0 Å². The molecule has 7 heteroatoms. The zero-order valence-corrected chi connectivity index (χ0v) is 14.1. The van der Waals surface area contributed by atoms with Crippen LogP contribution in [0.4, 0.5) is 10.7 Å². The van der Waals surface area contributed by atoms with Crippen molar-refractivity contribution in [2.24, 2.45) is 5.73 Å². The van der Waals surface area contributed by atoms with E-state index < -0.39 is 5.91 Å². The van der Waals surface area contributed by atoms with E-state index in [9.17, 15) is 4.79 Å². The molecule has 0 saturated carbocycles. The van der Waals surface area contributed by atoms with Crippen molar-refractivity contribution in [1.29, 1.82) is 0 Å². The predicted molar refractivity (Wildman–Crippen MR) is 90.1 cm³/mol. The Morgan fingerprint density at radius 3 is 2.76 bits per heavy atom. The van der Waals surface area contributed by atoms with Crippen LogP contribution in [0.3, 0.4) is 0 Å². The van der Waals surface area contributed by atoms with Crippen LogP contribution in [-0.2, 0) is 6.54 Å². The summed E-state index contributed by atoms with van der Waals surface area (Å²) in [5.74, 6) is -0.0517. The van der Waals surface area contributed by atoms with Crippen molar-refractivity contribution < 1.29 is 9.53 Å². The van der Waals surface area contributed by atoms with Crippen molar-refractivity contribution in [3.8, 4) is 5.75 Å². The van der Waals surface area contributed by atoms with E-state index in [2.05, 4.69) is 15.9 Å². The third kappa shape index (κ3) is 3.30. The highest BCUT2D eigenvalue weighted by Gasteiger charge is 2.22. The molecule has 0 radical (unpaired) electrons. The van der Waals surface area contributed by atoms with Gasteiger partial charge in [-0.1, -0.05) is 28.1 Å². The third-order valence-electron chi connectivity index (χ3n) is 2.97. The maximum Gasteiger partial charge on any atom is 0.261 e. The Labute approximate surface area is 135 Å². The smallest absolute Gasteiger partial charge is 0.261 e. The number of halogens is 1. The molecular weight excluding hydrogens is 354 g/mol. The normalized spacial score (nSPS) is 10.4.